The maximum atomic E-state index is 13.3. The summed E-state index contributed by atoms with van der Waals surface area (Å²) < 4.78 is 14.9. The van der Waals surface area contributed by atoms with Crippen LogP contribution in [0.3, 0.4) is 0 Å². The summed E-state index contributed by atoms with van der Waals surface area (Å²) in [6.45, 7) is 4.18. The molecule has 0 saturated heterocycles. The number of aryl methyl sites for hydroxylation is 2. The first-order valence-corrected chi connectivity index (χ1v) is 5.71. The van der Waals surface area contributed by atoms with Crippen molar-refractivity contribution in [3.05, 3.63) is 47.5 Å². The molecule has 4 nitrogen and oxygen atoms in total. The zero-order chi connectivity index (χ0) is 13.1. The van der Waals surface area contributed by atoms with Crippen LogP contribution in [0.5, 0.6) is 0 Å². The normalized spacial score (nSPS) is 10.4. The van der Waals surface area contributed by atoms with Gasteiger partial charge in [0, 0.05) is 18.4 Å². The standard InChI is InChI=1S/C13H14FN3O/c1-3-17-12(6-7-15-17)13(18)16-10-5-4-9(2)11(14)8-10/h4-8H,3H2,1-2H3,(H,16,18). The highest BCUT2D eigenvalue weighted by atomic mass is 19.1. The Hall–Kier alpha value is -2.17. The number of hydrogen-bond acceptors (Lipinski definition) is 2. The van der Waals surface area contributed by atoms with Gasteiger partial charge in [-0.3, -0.25) is 9.48 Å². The lowest BCUT2D eigenvalue weighted by Crippen LogP contribution is -2.17. The second-order valence-electron chi connectivity index (χ2n) is 3.95. The van der Waals surface area contributed by atoms with E-state index in [0.29, 0.717) is 23.5 Å². The molecule has 0 aliphatic rings. The number of benzene rings is 1. The minimum Gasteiger partial charge on any atom is -0.321 e. The molecule has 0 radical (unpaired) electrons. The third kappa shape index (κ3) is 2.40. The molecule has 2 aromatic rings. The summed E-state index contributed by atoms with van der Waals surface area (Å²) in [7, 11) is 0. The Bertz CT molecular complexity index is 577. The molecular weight excluding hydrogens is 233 g/mol. The lowest BCUT2D eigenvalue weighted by atomic mass is 10.2. The maximum absolute atomic E-state index is 13.3. The summed E-state index contributed by atoms with van der Waals surface area (Å²) in [5.74, 6) is -0.630. The first-order valence-electron chi connectivity index (χ1n) is 5.71. The van der Waals surface area contributed by atoms with E-state index in [2.05, 4.69) is 10.4 Å². The van der Waals surface area contributed by atoms with Crippen molar-refractivity contribution < 1.29 is 9.18 Å². The van der Waals surface area contributed by atoms with Crippen LogP contribution in [0.25, 0.3) is 0 Å². The molecule has 1 amide bonds. The third-order valence-corrected chi connectivity index (χ3v) is 2.68. The Morgan fingerprint density at radius 2 is 2.22 bits per heavy atom. The molecule has 1 heterocycles. The van der Waals surface area contributed by atoms with E-state index in [1.807, 2.05) is 6.92 Å². The van der Waals surface area contributed by atoms with Gasteiger partial charge < -0.3 is 5.32 Å². The van der Waals surface area contributed by atoms with Crippen LogP contribution in [-0.4, -0.2) is 15.7 Å². The van der Waals surface area contributed by atoms with Crippen molar-refractivity contribution in [3.8, 4) is 0 Å². The molecule has 0 atom stereocenters. The highest BCUT2D eigenvalue weighted by Crippen LogP contribution is 2.14. The molecule has 0 unspecified atom stereocenters. The smallest absolute Gasteiger partial charge is 0.273 e. The van der Waals surface area contributed by atoms with Gasteiger partial charge in [0.15, 0.2) is 0 Å². The van der Waals surface area contributed by atoms with Gasteiger partial charge in [0.2, 0.25) is 0 Å². The Labute approximate surface area is 104 Å². The van der Waals surface area contributed by atoms with E-state index in [9.17, 15) is 9.18 Å². The predicted molar refractivity (Wildman–Crippen MR) is 67.0 cm³/mol. The minimum atomic E-state index is -0.336. The fraction of sp³-hybridized carbons (Fsp3) is 0.231. The largest absolute Gasteiger partial charge is 0.321 e. The van der Waals surface area contributed by atoms with Crippen molar-refractivity contribution in [2.45, 2.75) is 20.4 Å². The van der Waals surface area contributed by atoms with Crippen LogP contribution in [-0.2, 0) is 6.54 Å². The Morgan fingerprint density at radius 1 is 1.44 bits per heavy atom. The molecule has 2 rings (SSSR count). The first-order chi connectivity index (χ1) is 8.61. The fourth-order valence-corrected chi connectivity index (χ4v) is 1.64. The van der Waals surface area contributed by atoms with Crippen molar-refractivity contribution in [2.75, 3.05) is 5.32 Å². The second-order valence-corrected chi connectivity index (χ2v) is 3.95. The summed E-state index contributed by atoms with van der Waals surface area (Å²) in [4.78, 5) is 12.0. The Kier molecular flexibility index (Phi) is 3.41. The monoisotopic (exact) mass is 247 g/mol. The lowest BCUT2D eigenvalue weighted by molar-refractivity contribution is 0.101. The quantitative estimate of drug-likeness (QED) is 0.906. The number of aromatic nitrogens is 2. The number of anilines is 1. The first kappa shape index (κ1) is 12.3. The summed E-state index contributed by atoms with van der Waals surface area (Å²) in [6.07, 6.45) is 1.56. The molecule has 1 aromatic heterocycles. The predicted octanol–water partition coefficient (Wildman–Crippen LogP) is 2.60. The number of amides is 1. The van der Waals surface area contributed by atoms with Crippen molar-refractivity contribution in [1.82, 2.24) is 9.78 Å². The van der Waals surface area contributed by atoms with Crippen LogP contribution < -0.4 is 5.32 Å². The molecule has 94 valence electrons. The van der Waals surface area contributed by atoms with E-state index in [1.165, 1.54) is 6.07 Å². The average molecular weight is 247 g/mol. The molecule has 0 aliphatic heterocycles. The van der Waals surface area contributed by atoms with Gasteiger partial charge in [-0.15, -0.1) is 0 Å². The maximum Gasteiger partial charge on any atom is 0.273 e. The Balaban J connectivity index is 2.19. The topological polar surface area (TPSA) is 46.9 Å². The van der Waals surface area contributed by atoms with Gasteiger partial charge in [-0.05, 0) is 37.6 Å². The van der Waals surface area contributed by atoms with Crippen LogP contribution in [0, 0.1) is 12.7 Å². The van der Waals surface area contributed by atoms with Gasteiger partial charge >= 0.3 is 0 Å². The molecule has 0 spiro atoms. The molecule has 1 N–H and O–H groups in total. The third-order valence-electron chi connectivity index (χ3n) is 2.68. The molecule has 0 saturated carbocycles. The number of nitrogens with one attached hydrogen (secondary N) is 1. The van der Waals surface area contributed by atoms with Gasteiger partial charge in [0.25, 0.3) is 5.91 Å². The number of carbonyl (C=O) groups is 1. The molecule has 0 bridgehead atoms. The molecule has 18 heavy (non-hydrogen) atoms. The second kappa shape index (κ2) is 5.00. The summed E-state index contributed by atoms with van der Waals surface area (Å²) in [5.41, 5.74) is 1.44. The number of hydrogen-bond donors (Lipinski definition) is 1. The van der Waals surface area contributed by atoms with Gasteiger partial charge in [-0.1, -0.05) is 6.07 Å². The van der Waals surface area contributed by atoms with Gasteiger partial charge in [-0.2, -0.15) is 5.10 Å². The molecule has 5 heteroatoms. The average Bonchev–Trinajstić information content (AvgIpc) is 2.82. The zero-order valence-corrected chi connectivity index (χ0v) is 10.3. The van der Waals surface area contributed by atoms with Gasteiger partial charge in [-0.25, -0.2) is 4.39 Å². The van der Waals surface area contributed by atoms with Crippen molar-refractivity contribution in [1.29, 1.82) is 0 Å². The number of nitrogens with zero attached hydrogens (tertiary/aromatic N) is 2. The van der Waals surface area contributed by atoms with Crippen molar-refractivity contribution >= 4 is 11.6 Å². The van der Waals surface area contributed by atoms with E-state index >= 15 is 0 Å². The van der Waals surface area contributed by atoms with E-state index in [0.717, 1.165) is 0 Å². The fourth-order valence-electron chi connectivity index (χ4n) is 1.64. The van der Waals surface area contributed by atoms with Gasteiger partial charge in [0.05, 0.1) is 0 Å². The number of rotatable bonds is 3. The van der Waals surface area contributed by atoms with E-state index in [-0.39, 0.29) is 11.7 Å². The van der Waals surface area contributed by atoms with Gasteiger partial charge in [0.1, 0.15) is 11.5 Å². The number of halogens is 1. The van der Waals surface area contributed by atoms with Crippen molar-refractivity contribution in [2.24, 2.45) is 0 Å². The Morgan fingerprint density at radius 3 is 2.89 bits per heavy atom. The minimum absolute atomic E-state index is 0.294. The summed E-state index contributed by atoms with van der Waals surface area (Å²) >= 11 is 0. The highest BCUT2D eigenvalue weighted by Gasteiger charge is 2.11. The summed E-state index contributed by atoms with van der Waals surface area (Å²) in [6, 6.07) is 6.23. The zero-order valence-electron chi connectivity index (χ0n) is 10.3. The molecule has 0 aliphatic carbocycles. The summed E-state index contributed by atoms with van der Waals surface area (Å²) in [5, 5.41) is 6.66. The molecular formula is C13H14FN3O. The van der Waals surface area contributed by atoms with E-state index < -0.39 is 0 Å². The van der Waals surface area contributed by atoms with Crippen LogP contribution in [0.2, 0.25) is 0 Å². The lowest BCUT2D eigenvalue weighted by Gasteiger charge is -2.07. The SMILES string of the molecule is CCn1nccc1C(=O)Nc1ccc(C)c(F)c1. The van der Waals surface area contributed by atoms with Crippen LogP contribution >= 0.6 is 0 Å². The molecule has 0 fully saturated rings. The molecule has 1 aromatic carbocycles. The van der Waals surface area contributed by atoms with Crippen LogP contribution in [0.1, 0.15) is 23.0 Å². The van der Waals surface area contributed by atoms with Crippen LogP contribution in [0.15, 0.2) is 30.5 Å². The number of carbonyl (C=O) groups excluding carboxylic acids is 1. The van der Waals surface area contributed by atoms with Crippen molar-refractivity contribution in [3.63, 3.8) is 0 Å². The van der Waals surface area contributed by atoms with E-state index in [1.54, 1.807) is 36.0 Å². The van der Waals surface area contributed by atoms with Crippen LogP contribution in [0.4, 0.5) is 10.1 Å². The van der Waals surface area contributed by atoms with E-state index in [4.69, 9.17) is 0 Å². The highest BCUT2D eigenvalue weighted by molar-refractivity contribution is 6.03.